The van der Waals surface area contributed by atoms with Crippen LogP contribution in [0.5, 0.6) is 0 Å². The Labute approximate surface area is 205 Å². The van der Waals surface area contributed by atoms with E-state index in [0.717, 1.165) is 41.5 Å². The third-order valence-electron chi connectivity index (χ3n) is 6.83. The minimum absolute atomic E-state index is 0.101. The standard InChI is InChI=1S/C26H25F3N4O3/c1-15-2-5-20(31-25(35)18-10-24(26(27,28)29)32-30-12-18)11-21(15)16-3-4-17-8-19(13-34)23-14-36-7-6-33(23)22(17)9-16/h2-5,9-12,19,23,34H,6-8,13-14H2,1H3,(H,31,35)/t19-,23-/m0/s1. The number of alkyl halides is 3. The zero-order chi connectivity index (χ0) is 25.4. The highest BCUT2D eigenvalue weighted by molar-refractivity contribution is 6.04. The number of rotatable bonds is 4. The van der Waals surface area contributed by atoms with Gasteiger partial charge in [0.2, 0.25) is 0 Å². The van der Waals surface area contributed by atoms with Gasteiger partial charge in [-0.3, -0.25) is 4.79 Å². The van der Waals surface area contributed by atoms with Crippen molar-refractivity contribution < 1.29 is 27.8 Å². The Hall–Kier alpha value is -3.50. The number of amides is 1. The van der Waals surface area contributed by atoms with Gasteiger partial charge < -0.3 is 20.1 Å². The fraction of sp³-hybridized carbons (Fsp3) is 0.346. The van der Waals surface area contributed by atoms with Gasteiger partial charge in [0.1, 0.15) is 0 Å². The number of nitrogens with one attached hydrogen (secondary N) is 1. The Bertz CT molecular complexity index is 1300. The first-order chi connectivity index (χ1) is 17.2. The van der Waals surface area contributed by atoms with Crippen LogP contribution in [0.25, 0.3) is 11.1 Å². The molecule has 1 aromatic heterocycles. The Morgan fingerprint density at radius 3 is 2.83 bits per heavy atom. The molecule has 3 aromatic rings. The van der Waals surface area contributed by atoms with Crippen molar-refractivity contribution in [3.05, 3.63) is 71.0 Å². The number of fused-ring (bicyclic) bond motifs is 3. The monoisotopic (exact) mass is 498 g/mol. The molecule has 7 nitrogen and oxygen atoms in total. The summed E-state index contributed by atoms with van der Waals surface area (Å²) in [4.78, 5) is 15.0. The van der Waals surface area contributed by atoms with Crippen LogP contribution >= 0.6 is 0 Å². The summed E-state index contributed by atoms with van der Waals surface area (Å²) in [7, 11) is 0. The zero-order valence-electron chi connectivity index (χ0n) is 19.5. The van der Waals surface area contributed by atoms with Crippen molar-refractivity contribution in [2.45, 2.75) is 25.6 Å². The third-order valence-corrected chi connectivity index (χ3v) is 6.83. The maximum Gasteiger partial charge on any atom is 0.435 e. The first-order valence-corrected chi connectivity index (χ1v) is 11.6. The molecule has 36 heavy (non-hydrogen) atoms. The van der Waals surface area contributed by atoms with Gasteiger partial charge in [-0.2, -0.15) is 18.3 Å². The molecule has 0 saturated carbocycles. The van der Waals surface area contributed by atoms with Crippen LogP contribution < -0.4 is 10.2 Å². The molecular weight excluding hydrogens is 473 g/mol. The van der Waals surface area contributed by atoms with Crippen LogP contribution in [-0.2, 0) is 17.3 Å². The van der Waals surface area contributed by atoms with E-state index < -0.39 is 17.8 Å². The number of aliphatic hydroxyl groups excluding tert-OH is 1. The molecule has 0 unspecified atom stereocenters. The number of hydrogen-bond acceptors (Lipinski definition) is 6. The Kier molecular flexibility index (Phi) is 6.40. The first kappa shape index (κ1) is 24.2. The number of anilines is 2. The van der Waals surface area contributed by atoms with Crippen molar-refractivity contribution in [2.24, 2.45) is 5.92 Å². The van der Waals surface area contributed by atoms with Gasteiger partial charge in [0.15, 0.2) is 5.69 Å². The summed E-state index contributed by atoms with van der Waals surface area (Å²) in [6, 6.07) is 12.4. The number of aryl methyl sites for hydroxylation is 1. The molecular formula is C26H25F3N4O3. The van der Waals surface area contributed by atoms with E-state index in [0.29, 0.717) is 25.0 Å². The summed E-state index contributed by atoms with van der Waals surface area (Å²) in [6.07, 6.45) is -2.92. The van der Waals surface area contributed by atoms with E-state index in [1.165, 1.54) is 5.56 Å². The molecule has 3 heterocycles. The van der Waals surface area contributed by atoms with Crippen molar-refractivity contribution in [1.29, 1.82) is 0 Å². The molecule has 188 valence electrons. The zero-order valence-corrected chi connectivity index (χ0v) is 19.5. The number of benzene rings is 2. The van der Waals surface area contributed by atoms with Crippen LogP contribution in [0.2, 0.25) is 0 Å². The number of carbonyl (C=O) groups excluding carboxylic acids is 1. The molecule has 10 heteroatoms. The van der Waals surface area contributed by atoms with Gasteiger partial charge in [-0.15, -0.1) is 5.10 Å². The van der Waals surface area contributed by atoms with Crippen molar-refractivity contribution in [1.82, 2.24) is 10.2 Å². The number of ether oxygens (including phenoxy) is 1. The summed E-state index contributed by atoms with van der Waals surface area (Å²) in [5.41, 5.74) is 4.12. The maximum atomic E-state index is 13.0. The van der Waals surface area contributed by atoms with Crippen LogP contribution in [0.1, 0.15) is 27.2 Å². The summed E-state index contributed by atoms with van der Waals surface area (Å²) in [6.45, 7) is 4.01. The first-order valence-electron chi connectivity index (χ1n) is 11.6. The molecule has 1 fully saturated rings. The highest BCUT2D eigenvalue weighted by atomic mass is 19.4. The van der Waals surface area contributed by atoms with Crippen LogP contribution in [0.15, 0.2) is 48.7 Å². The second-order valence-electron chi connectivity index (χ2n) is 9.14. The van der Waals surface area contributed by atoms with Crippen LogP contribution in [0.3, 0.4) is 0 Å². The fourth-order valence-electron chi connectivity index (χ4n) is 4.93. The SMILES string of the molecule is Cc1ccc(NC(=O)c2cnnc(C(F)(F)F)c2)cc1-c1ccc2c(c1)N1CCOC[C@H]1[C@H](CO)C2. The quantitative estimate of drug-likeness (QED) is 0.564. The third kappa shape index (κ3) is 4.66. The van der Waals surface area contributed by atoms with Gasteiger partial charge in [-0.1, -0.05) is 18.2 Å². The van der Waals surface area contributed by atoms with Crippen molar-refractivity contribution in [2.75, 3.05) is 36.6 Å². The van der Waals surface area contributed by atoms with E-state index in [-0.39, 0.29) is 24.1 Å². The lowest BCUT2D eigenvalue weighted by molar-refractivity contribution is -0.141. The lowest BCUT2D eigenvalue weighted by Gasteiger charge is -2.46. The highest BCUT2D eigenvalue weighted by Crippen LogP contribution is 2.39. The maximum absolute atomic E-state index is 13.0. The summed E-state index contributed by atoms with van der Waals surface area (Å²) >= 11 is 0. The molecule has 0 radical (unpaired) electrons. The van der Waals surface area contributed by atoms with E-state index >= 15 is 0 Å². The summed E-state index contributed by atoms with van der Waals surface area (Å²) in [5.74, 6) is -0.591. The second-order valence-corrected chi connectivity index (χ2v) is 9.14. The number of morpholine rings is 1. The molecule has 5 rings (SSSR count). The van der Waals surface area contributed by atoms with Gasteiger partial charge >= 0.3 is 6.18 Å². The minimum atomic E-state index is -4.69. The van der Waals surface area contributed by atoms with Gasteiger partial charge in [0, 0.05) is 30.4 Å². The van der Waals surface area contributed by atoms with E-state index in [4.69, 9.17) is 4.74 Å². The second kappa shape index (κ2) is 9.51. The average molecular weight is 499 g/mol. The molecule has 0 aliphatic carbocycles. The number of carbonyl (C=O) groups is 1. The smallest absolute Gasteiger partial charge is 0.396 e. The van der Waals surface area contributed by atoms with E-state index in [1.807, 2.05) is 25.1 Å². The Morgan fingerprint density at radius 2 is 2.06 bits per heavy atom. The van der Waals surface area contributed by atoms with E-state index in [2.05, 4.69) is 32.5 Å². The highest BCUT2D eigenvalue weighted by Gasteiger charge is 2.36. The van der Waals surface area contributed by atoms with Gasteiger partial charge in [-0.25, -0.2) is 0 Å². The Morgan fingerprint density at radius 1 is 1.22 bits per heavy atom. The van der Waals surface area contributed by atoms with Crippen LogP contribution in [0, 0.1) is 12.8 Å². The topological polar surface area (TPSA) is 87.6 Å². The number of nitrogens with zero attached hydrogens (tertiary/aromatic N) is 3. The summed E-state index contributed by atoms with van der Waals surface area (Å²) in [5, 5.41) is 18.9. The number of halogens is 3. The molecule has 1 saturated heterocycles. The molecule has 2 aliphatic heterocycles. The number of hydrogen-bond donors (Lipinski definition) is 2. The number of aliphatic hydroxyl groups is 1. The molecule has 2 aliphatic rings. The molecule has 2 atom stereocenters. The molecule has 2 N–H and O–H groups in total. The van der Waals surface area contributed by atoms with Gasteiger partial charge in [-0.05, 0) is 59.9 Å². The molecule has 0 bridgehead atoms. The lowest BCUT2D eigenvalue weighted by Crippen LogP contribution is -2.53. The van der Waals surface area contributed by atoms with Gasteiger partial charge in [0.05, 0.1) is 31.0 Å². The fourth-order valence-corrected chi connectivity index (χ4v) is 4.93. The normalized spacial score (nSPS) is 19.4. The van der Waals surface area contributed by atoms with E-state index in [9.17, 15) is 23.1 Å². The largest absolute Gasteiger partial charge is 0.435 e. The number of aromatic nitrogens is 2. The minimum Gasteiger partial charge on any atom is -0.396 e. The average Bonchev–Trinajstić information content (AvgIpc) is 2.88. The Balaban J connectivity index is 1.43. The lowest BCUT2D eigenvalue weighted by atomic mass is 9.84. The van der Waals surface area contributed by atoms with Crippen molar-refractivity contribution in [3.63, 3.8) is 0 Å². The van der Waals surface area contributed by atoms with Crippen LogP contribution in [0.4, 0.5) is 24.5 Å². The predicted octanol–water partition coefficient (Wildman–Crippen LogP) is 4.09. The predicted molar refractivity (Wildman–Crippen MR) is 128 cm³/mol. The molecule has 2 aromatic carbocycles. The van der Waals surface area contributed by atoms with Crippen molar-refractivity contribution >= 4 is 17.3 Å². The van der Waals surface area contributed by atoms with Crippen LogP contribution in [-0.4, -0.2) is 53.6 Å². The van der Waals surface area contributed by atoms with Crippen molar-refractivity contribution in [3.8, 4) is 11.1 Å². The van der Waals surface area contributed by atoms with Gasteiger partial charge in [0.25, 0.3) is 5.91 Å². The summed E-state index contributed by atoms with van der Waals surface area (Å²) < 4.78 is 44.5. The van der Waals surface area contributed by atoms with E-state index in [1.54, 1.807) is 6.07 Å². The molecule has 1 amide bonds. The molecule has 0 spiro atoms.